The number of hydrogen-bond acceptors (Lipinski definition) is 4. The lowest BCUT2D eigenvalue weighted by atomic mass is 10.0. The maximum Gasteiger partial charge on any atom is 0.255 e. The topological polar surface area (TPSA) is 66.5 Å². The molecule has 24 heavy (non-hydrogen) atoms. The summed E-state index contributed by atoms with van der Waals surface area (Å²) in [5.74, 6) is 2.17. The van der Waals surface area contributed by atoms with Gasteiger partial charge in [0.25, 0.3) is 5.91 Å². The first-order valence-corrected chi connectivity index (χ1v) is 11.0. The highest BCUT2D eigenvalue weighted by atomic mass is 127. The maximum atomic E-state index is 12.5. The molecule has 1 N–H and O–H groups in total. The van der Waals surface area contributed by atoms with E-state index in [0.717, 1.165) is 11.1 Å². The average Bonchev–Trinajstić information content (AvgIpc) is 2.91. The van der Waals surface area contributed by atoms with E-state index in [4.69, 9.17) is 0 Å². The summed E-state index contributed by atoms with van der Waals surface area (Å²) in [7, 11) is 1.40. The van der Waals surface area contributed by atoms with Crippen LogP contribution in [0.5, 0.6) is 0 Å². The van der Waals surface area contributed by atoms with Gasteiger partial charge in [0, 0.05) is 45.3 Å². The van der Waals surface area contributed by atoms with Crippen LogP contribution in [0.3, 0.4) is 0 Å². The van der Waals surface area contributed by atoms with E-state index in [-0.39, 0.29) is 18.2 Å². The molecule has 3 amide bonds. The van der Waals surface area contributed by atoms with Crippen LogP contribution in [-0.4, -0.2) is 28.7 Å². The minimum Gasteiger partial charge on any atom is -0.322 e. The van der Waals surface area contributed by atoms with Gasteiger partial charge in [-0.25, -0.2) is 0 Å². The molecule has 0 bridgehead atoms. The molecule has 0 aliphatic carbocycles. The zero-order chi connectivity index (χ0) is 17.7. The highest BCUT2D eigenvalue weighted by Gasteiger charge is 2.38. The quantitative estimate of drug-likeness (QED) is 0.401. The Balaban J connectivity index is 0.00000100. The number of fused-ring (bicyclic) bond motifs is 1. The summed E-state index contributed by atoms with van der Waals surface area (Å²) in [4.78, 5) is 37.2. The molecule has 0 radical (unpaired) electrons. The standard InChI is InChI=1S/C15H11IN2O3S.C2H6/c16-22-6-5-9-1-2-11-10(7-9)8-18(15(11)21)12-3-4-13(19)17-14(12)20;1-2/h1-2,7,12H,3-4,8H2,(H,17,19,20);1-2H3. The zero-order valence-corrected chi connectivity index (χ0v) is 16.4. The van der Waals surface area contributed by atoms with Gasteiger partial charge in [-0.1, -0.05) is 19.8 Å². The Kier molecular flexibility index (Phi) is 6.69. The molecule has 3 rings (SSSR count). The van der Waals surface area contributed by atoms with Crippen LogP contribution in [0.4, 0.5) is 0 Å². The largest absolute Gasteiger partial charge is 0.322 e. The smallest absolute Gasteiger partial charge is 0.255 e. The number of carbonyl (C=O) groups is 3. The molecular formula is C17H17IN2O3S. The molecule has 1 saturated heterocycles. The summed E-state index contributed by atoms with van der Waals surface area (Å²) in [6.07, 6.45) is 0.642. The van der Waals surface area contributed by atoms with Crippen molar-refractivity contribution < 1.29 is 14.4 Å². The molecule has 1 unspecified atom stereocenters. The van der Waals surface area contributed by atoms with E-state index >= 15 is 0 Å². The molecule has 2 heterocycles. The van der Waals surface area contributed by atoms with Crippen molar-refractivity contribution in [1.29, 1.82) is 0 Å². The van der Waals surface area contributed by atoms with Crippen LogP contribution in [0.15, 0.2) is 18.2 Å². The third-order valence-electron chi connectivity index (χ3n) is 3.76. The van der Waals surface area contributed by atoms with Gasteiger partial charge in [-0.15, -0.1) is 0 Å². The number of imide groups is 1. The number of amides is 3. The highest BCUT2D eigenvalue weighted by Crippen LogP contribution is 2.28. The lowest BCUT2D eigenvalue weighted by molar-refractivity contribution is -0.136. The van der Waals surface area contributed by atoms with Crippen molar-refractivity contribution in [2.24, 2.45) is 0 Å². The van der Waals surface area contributed by atoms with Gasteiger partial charge >= 0.3 is 0 Å². The number of halogens is 1. The Bertz CT molecular complexity index is 739. The van der Waals surface area contributed by atoms with Crippen LogP contribution in [0.2, 0.25) is 0 Å². The fraction of sp³-hybridized carbons (Fsp3) is 0.353. The van der Waals surface area contributed by atoms with Gasteiger partial charge < -0.3 is 4.90 Å². The van der Waals surface area contributed by atoms with Crippen LogP contribution >= 0.6 is 30.1 Å². The average molecular weight is 456 g/mol. The summed E-state index contributed by atoms with van der Waals surface area (Å²) in [6, 6.07) is 4.88. The minimum absolute atomic E-state index is 0.160. The third kappa shape index (κ3) is 3.92. The molecule has 0 aromatic heterocycles. The Labute approximate surface area is 157 Å². The number of nitrogens with one attached hydrogen (secondary N) is 1. The summed E-state index contributed by atoms with van der Waals surface area (Å²) >= 11 is 2.10. The second kappa shape index (κ2) is 8.53. The number of carbonyl (C=O) groups excluding carboxylic acids is 3. The Morgan fingerprint density at radius 1 is 1.29 bits per heavy atom. The van der Waals surface area contributed by atoms with Crippen molar-refractivity contribution in [3.63, 3.8) is 0 Å². The van der Waals surface area contributed by atoms with E-state index in [1.165, 1.54) is 13.8 Å². The van der Waals surface area contributed by atoms with Crippen molar-refractivity contribution in [2.45, 2.75) is 39.3 Å². The first-order valence-electron chi connectivity index (χ1n) is 7.66. The summed E-state index contributed by atoms with van der Waals surface area (Å²) < 4.78 is 0. The van der Waals surface area contributed by atoms with Crippen LogP contribution in [0.1, 0.15) is 48.2 Å². The monoisotopic (exact) mass is 456 g/mol. The molecule has 1 fully saturated rings. The third-order valence-corrected chi connectivity index (χ3v) is 4.60. The van der Waals surface area contributed by atoms with E-state index < -0.39 is 11.9 Å². The molecule has 2 aliphatic heterocycles. The number of piperidine rings is 1. The van der Waals surface area contributed by atoms with Gasteiger partial charge in [0.1, 0.15) is 6.04 Å². The zero-order valence-electron chi connectivity index (χ0n) is 13.4. The predicted octanol–water partition coefficient (Wildman–Crippen LogP) is 2.87. The predicted molar refractivity (Wildman–Crippen MR) is 102 cm³/mol. The Morgan fingerprint density at radius 2 is 2.04 bits per heavy atom. The fourth-order valence-corrected chi connectivity index (χ4v) is 3.22. The van der Waals surface area contributed by atoms with E-state index in [1.807, 2.05) is 26.0 Å². The molecule has 1 aromatic carbocycles. The molecule has 1 atom stereocenters. The second-order valence-corrected chi connectivity index (χ2v) is 6.76. The fourth-order valence-electron chi connectivity index (χ4n) is 2.73. The van der Waals surface area contributed by atoms with Gasteiger partial charge in [0.05, 0.1) is 0 Å². The normalized spacial score (nSPS) is 18.9. The molecule has 0 spiro atoms. The maximum absolute atomic E-state index is 12.5. The number of benzene rings is 1. The van der Waals surface area contributed by atoms with Crippen LogP contribution in [0, 0.1) is 11.2 Å². The minimum atomic E-state index is -0.572. The van der Waals surface area contributed by atoms with E-state index in [2.05, 4.69) is 37.7 Å². The molecule has 126 valence electrons. The lowest BCUT2D eigenvalue weighted by Gasteiger charge is -2.29. The lowest BCUT2D eigenvalue weighted by Crippen LogP contribution is -2.52. The molecule has 2 aliphatic rings. The Hall–Kier alpha value is -1.53. The molecule has 7 heteroatoms. The van der Waals surface area contributed by atoms with Gasteiger partial charge in [0.2, 0.25) is 11.8 Å². The first-order chi connectivity index (χ1) is 11.6. The highest BCUT2D eigenvalue weighted by molar-refractivity contribution is 14.2. The van der Waals surface area contributed by atoms with Crippen molar-refractivity contribution in [3.8, 4) is 11.2 Å². The molecule has 5 nitrogen and oxygen atoms in total. The molecule has 1 aromatic rings. The van der Waals surface area contributed by atoms with Crippen molar-refractivity contribution in [2.75, 3.05) is 0 Å². The summed E-state index contributed by atoms with van der Waals surface area (Å²) in [5.41, 5.74) is 2.33. The SMILES string of the molecule is CC.O=C1CCC(N2Cc3cc(C#CSI)ccc3C2=O)C(=O)N1. The van der Waals surface area contributed by atoms with E-state index in [0.29, 0.717) is 18.5 Å². The van der Waals surface area contributed by atoms with Gasteiger partial charge in [-0.05, 0) is 44.4 Å². The van der Waals surface area contributed by atoms with Crippen molar-refractivity contribution in [3.05, 3.63) is 34.9 Å². The van der Waals surface area contributed by atoms with E-state index in [1.54, 1.807) is 6.07 Å². The van der Waals surface area contributed by atoms with Gasteiger partial charge in [-0.2, -0.15) is 0 Å². The number of nitrogens with zero attached hydrogens (tertiary/aromatic N) is 1. The summed E-state index contributed by atoms with van der Waals surface area (Å²) in [6.45, 7) is 4.38. The van der Waals surface area contributed by atoms with Gasteiger partial charge in [0.15, 0.2) is 0 Å². The van der Waals surface area contributed by atoms with Gasteiger partial charge in [-0.3, -0.25) is 19.7 Å². The summed E-state index contributed by atoms with van der Waals surface area (Å²) in [5, 5.41) is 5.20. The first kappa shape index (κ1) is 18.8. The number of hydrogen-bond donors (Lipinski definition) is 1. The molecular weight excluding hydrogens is 439 g/mol. The van der Waals surface area contributed by atoms with Crippen LogP contribution in [-0.2, 0) is 16.1 Å². The van der Waals surface area contributed by atoms with Crippen LogP contribution in [0.25, 0.3) is 0 Å². The van der Waals surface area contributed by atoms with Crippen LogP contribution < -0.4 is 5.32 Å². The second-order valence-electron chi connectivity index (χ2n) is 5.08. The molecule has 0 saturated carbocycles. The van der Waals surface area contributed by atoms with Crippen molar-refractivity contribution >= 4 is 47.9 Å². The number of rotatable bonds is 1. The Morgan fingerprint density at radius 3 is 2.71 bits per heavy atom. The van der Waals surface area contributed by atoms with Crippen molar-refractivity contribution in [1.82, 2.24) is 10.2 Å². The van der Waals surface area contributed by atoms with E-state index in [9.17, 15) is 14.4 Å².